The minimum Gasteiger partial charge on any atom is -0.443 e. The summed E-state index contributed by atoms with van der Waals surface area (Å²) in [6.07, 6.45) is 5.90. The second kappa shape index (κ2) is 2.40. The average Bonchev–Trinajstić information content (AvgIpc) is 2.63. The molecule has 3 nitrogen and oxygen atoms in total. The molecule has 1 heterocycles. The Morgan fingerprint density at radius 1 is 1.46 bits per heavy atom. The van der Waals surface area contributed by atoms with Gasteiger partial charge in [0.1, 0.15) is 5.60 Å². The van der Waals surface area contributed by atoms with Crippen molar-refractivity contribution in [3.63, 3.8) is 0 Å². The van der Waals surface area contributed by atoms with Crippen LogP contribution in [0.2, 0.25) is 0 Å². The summed E-state index contributed by atoms with van der Waals surface area (Å²) in [4.78, 5) is 11.2. The van der Waals surface area contributed by atoms with Gasteiger partial charge in [0.25, 0.3) is 0 Å². The number of fused-ring (bicyclic) bond motifs is 3. The molecule has 0 aromatic carbocycles. The van der Waals surface area contributed by atoms with Crippen LogP contribution in [-0.4, -0.2) is 18.2 Å². The number of nitrogens with one attached hydrogen (secondary N) is 1. The van der Waals surface area contributed by atoms with Crippen molar-refractivity contribution < 1.29 is 9.53 Å². The lowest BCUT2D eigenvalue weighted by atomic mass is 9.81. The lowest BCUT2D eigenvalue weighted by molar-refractivity contribution is -0.0512. The molecule has 0 aromatic heterocycles. The fourth-order valence-electron chi connectivity index (χ4n) is 3.47. The Morgan fingerprint density at radius 3 is 3.00 bits per heavy atom. The number of rotatable bonds is 0. The molecule has 3 rings (SSSR count). The van der Waals surface area contributed by atoms with Crippen molar-refractivity contribution in [1.82, 2.24) is 5.32 Å². The van der Waals surface area contributed by atoms with Gasteiger partial charge in [0, 0.05) is 13.0 Å². The third-order valence-corrected chi connectivity index (χ3v) is 4.03. The van der Waals surface area contributed by atoms with E-state index in [9.17, 15) is 4.79 Å². The average molecular weight is 181 g/mol. The molecule has 3 fully saturated rings. The van der Waals surface area contributed by atoms with E-state index in [-0.39, 0.29) is 11.7 Å². The smallest absolute Gasteiger partial charge is 0.407 e. The molecule has 2 bridgehead atoms. The van der Waals surface area contributed by atoms with Crippen LogP contribution < -0.4 is 5.32 Å². The molecular formula is C10H15NO2. The normalized spacial score (nSPS) is 47.8. The molecule has 1 spiro atoms. The first-order valence-electron chi connectivity index (χ1n) is 5.25. The zero-order valence-electron chi connectivity index (χ0n) is 7.71. The number of carbonyl (C=O) groups is 1. The van der Waals surface area contributed by atoms with Gasteiger partial charge >= 0.3 is 6.09 Å². The predicted molar refractivity (Wildman–Crippen MR) is 47.3 cm³/mol. The molecule has 1 amide bonds. The first-order valence-corrected chi connectivity index (χ1v) is 5.25. The van der Waals surface area contributed by atoms with Crippen LogP contribution in [-0.2, 0) is 4.74 Å². The molecule has 13 heavy (non-hydrogen) atoms. The molecule has 3 heteroatoms. The monoisotopic (exact) mass is 181 g/mol. The highest BCUT2D eigenvalue weighted by Gasteiger charge is 2.54. The highest BCUT2D eigenvalue weighted by Crippen LogP contribution is 2.54. The maximum absolute atomic E-state index is 11.2. The van der Waals surface area contributed by atoms with Gasteiger partial charge in [-0.05, 0) is 37.5 Å². The Bertz CT molecular complexity index is 253. The van der Waals surface area contributed by atoms with Gasteiger partial charge in [-0.15, -0.1) is 0 Å². The molecule has 2 saturated carbocycles. The predicted octanol–water partition coefficient (Wildman–Crippen LogP) is 1.68. The Kier molecular flexibility index (Phi) is 1.41. The van der Waals surface area contributed by atoms with Crippen molar-refractivity contribution in [2.45, 2.75) is 37.7 Å². The summed E-state index contributed by atoms with van der Waals surface area (Å²) in [5.74, 6) is 1.51. The fraction of sp³-hybridized carbons (Fsp3) is 0.900. The van der Waals surface area contributed by atoms with Gasteiger partial charge in [-0.25, -0.2) is 4.79 Å². The van der Waals surface area contributed by atoms with Crippen LogP contribution in [0.25, 0.3) is 0 Å². The number of ether oxygens (including phenoxy) is 1. The Labute approximate surface area is 77.8 Å². The van der Waals surface area contributed by atoms with Crippen molar-refractivity contribution in [1.29, 1.82) is 0 Å². The highest BCUT2D eigenvalue weighted by atomic mass is 16.6. The fourth-order valence-corrected chi connectivity index (χ4v) is 3.47. The summed E-state index contributed by atoms with van der Waals surface area (Å²) < 4.78 is 5.52. The zero-order valence-corrected chi connectivity index (χ0v) is 7.71. The molecule has 1 N–H and O–H groups in total. The van der Waals surface area contributed by atoms with E-state index < -0.39 is 0 Å². The molecule has 1 aliphatic heterocycles. The zero-order chi connectivity index (χ0) is 8.89. The molecule has 3 unspecified atom stereocenters. The van der Waals surface area contributed by atoms with Crippen molar-refractivity contribution in [3.05, 3.63) is 0 Å². The molecule has 0 radical (unpaired) electrons. The van der Waals surface area contributed by atoms with Crippen LogP contribution in [0.1, 0.15) is 32.1 Å². The standard InChI is InChI=1S/C10H15NO2/c12-9-11-4-3-10(13-9)6-7-1-2-8(10)5-7/h7-8H,1-6H2,(H,11,12). The van der Waals surface area contributed by atoms with Gasteiger partial charge in [0.2, 0.25) is 0 Å². The second-order valence-electron chi connectivity index (χ2n) is 4.71. The van der Waals surface area contributed by atoms with Crippen LogP contribution in [0.5, 0.6) is 0 Å². The minimum atomic E-state index is -0.196. The third-order valence-electron chi connectivity index (χ3n) is 4.03. The topological polar surface area (TPSA) is 38.3 Å². The van der Waals surface area contributed by atoms with E-state index >= 15 is 0 Å². The van der Waals surface area contributed by atoms with E-state index in [4.69, 9.17) is 4.74 Å². The van der Waals surface area contributed by atoms with Crippen LogP contribution >= 0.6 is 0 Å². The van der Waals surface area contributed by atoms with E-state index in [1.54, 1.807) is 0 Å². The number of amides is 1. The van der Waals surface area contributed by atoms with Crippen LogP contribution in [0.4, 0.5) is 4.79 Å². The number of alkyl carbamates (subject to hydrolysis) is 1. The summed E-state index contributed by atoms with van der Waals surface area (Å²) >= 11 is 0. The summed E-state index contributed by atoms with van der Waals surface area (Å²) in [7, 11) is 0. The van der Waals surface area contributed by atoms with Gasteiger partial charge in [0.05, 0.1) is 0 Å². The molecule has 3 atom stereocenters. The SMILES string of the molecule is O=C1NCCC2(CC3CCC2C3)O1. The first-order chi connectivity index (χ1) is 6.28. The Hall–Kier alpha value is -0.730. The summed E-state index contributed by atoms with van der Waals surface area (Å²) in [6.45, 7) is 0.808. The van der Waals surface area contributed by atoms with E-state index in [1.165, 1.54) is 19.3 Å². The summed E-state index contributed by atoms with van der Waals surface area (Å²) in [5.41, 5.74) is -0.0503. The van der Waals surface area contributed by atoms with E-state index in [0.717, 1.165) is 25.3 Å². The Morgan fingerprint density at radius 2 is 2.38 bits per heavy atom. The van der Waals surface area contributed by atoms with E-state index in [2.05, 4.69) is 5.32 Å². The van der Waals surface area contributed by atoms with Gasteiger partial charge < -0.3 is 10.1 Å². The molecule has 3 aliphatic rings. The molecule has 72 valence electrons. The minimum absolute atomic E-state index is 0.0503. The van der Waals surface area contributed by atoms with Crippen molar-refractivity contribution in [2.24, 2.45) is 11.8 Å². The van der Waals surface area contributed by atoms with Gasteiger partial charge in [-0.1, -0.05) is 0 Å². The van der Waals surface area contributed by atoms with E-state index in [1.807, 2.05) is 0 Å². The lowest BCUT2D eigenvalue weighted by Crippen LogP contribution is -2.50. The van der Waals surface area contributed by atoms with Crippen LogP contribution in [0, 0.1) is 11.8 Å². The van der Waals surface area contributed by atoms with Crippen molar-refractivity contribution in [3.8, 4) is 0 Å². The van der Waals surface area contributed by atoms with Gasteiger partial charge in [-0.2, -0.15) is 0 Å². The number of hydrogen-bond donors (Lipinski definition) is 1. The number of carbonyl (C=O) groups excluding carboxylic acids is 1. The lowest BCUT2D eigenvalue weighted by Gasteiger charge is -2.40. The summed E-state index contributed by atoms with van der Waals surface area (Å²) in [6, 6.07) is 0. The number of hydrogen-bond acceptors (Lipinski definition) is 2. The highest BCUT2D eigenvalue weighted by molar-refractivity contribution is 5.68. The van der Waals surface area contributed by atoms with Crippen LogP contribution in [0.3, 0.4) is 0 Å². The van der Waals surface area contributed by atoms with Crippen molar-refractivity contribution >= 4 is 6.09 Å². The van der Waals surface area contributed by atoms with Gasteiger partial charge in [-0.3, -0.25) is 0 Å². The third kappa shape index (κ3) is 0.990. The quantitative estimate of drug-likeness (QED) is 0.617. The van der Waals surface area contributed by atoms with Gasteiger partial charge in [0.15, 0.2) is 0 Å². The molecule has 1 saturated heterocycles. The Balaban J connectivity index is 1.84. The maximum atomic E-state index is 11.2. The van der Waals surface area contributed by atoms with Crippen LogP contribution in [0.15, 0.2) is 0 Å². The maximum Gasteiger partial charge on any atom is 0.407 e. The molecular weight excluding hydrogens is 166 g/mol. The largest absolute Gasteiger partial charge is 0.443 e. The molecule has 0 aromatic rings. The molecule has 2 aliphatic carbocycles. The second-order valence-corrected chi connectivity index (χ2v) is 4.71. The van der Waals surface area contributed by atoms with E-state index in [0.29, 0.717) is 5.92 Å². The summed E-state index contributed by atoms with van der Waals surface area (Å²) in [5, 5.41) is 2.73. The first kappa shape index (κ1) is 7.65. The van der Waals surface area contributed by atoms with Crippen molar-refractivity contribution in [2.75, 3.05) is 6.54 Å².